The van der Waals surface area contributed by atoms with Gasteiger partial charge in [-0.2, -0.15) is 0 Å². The fourth-order valence-corrected chi connectivity index (χ4v) is 4.39. The van der Waals surface area contributed by atoms with E-state index >= 15 is 0 Å². The fourth-order valence-electron chi connectivity index (χ4n) is 4.39. The number of methoxy groups -OCH3 is 2. The molecular weight excluding hydrogens is 490 g/mol. The molecule has 39 heavy (non-hydrogen) atoms. The Labute approximate surface area is 227 Å². The van der Waals surface area contributed by atoms with Crippen LogP contribution in [0.1, 0.15) is 29.9 Å². The maximum Gasteiger partial charge on any atom is 0.248 e. The van der Waals surface area contributed by atoms with Crippen LogP contribution in [-0.2, 0) is 4.79 Å². The molecule has 0 saturated heterocycles. The van der Waals surface area contributed by atoms with Crippen molar-refractivity contribution in [2.24, 2.45) is 0 Å². The molecule has 0 aliphatic heterocycles. The number of nitrogens with one attached hydrogen (secondary N) is 1. The Morgan fingerprint density at radius 2 is 1.44 bits per heavy atom. The second-order valence-electron chi connectivity index (χ2n) is 8.99. The minimum absolute atomic E-state index is 0.287. The van der Waals surface area contributed by atoms with Gasteiger partial charge in [0.15, 0.2) is 22.8 Å². The minimum Gasteiger partial charge on any atom is -0.493 e. The predicted octanol–water partition coefficient (Wildman–Crippen LogP) is 7.66. The third kappa shape index (κ3) is 5.80. The number of anilines is 1. The summed E-state index contributed by atoms with van der Waals surface area (Å²) < 4.78 is 23.4. The van der Waals surface area contributed by atoms with Crippen LogP contribution in [-0.4, -0.2) is 20.1 Å². The molecule has 0 aliphatic rings. The number of carbonyl (C=O) groups is 1. The lowest BCUT2D eigenvalue weighted by Crippen LogP contribution is -2.09. The van der Waals surface area contributed by atoms with Crippen LogP contribution in [0.25, 0.3) is 16.5 Å². The lowest BCUT2D eigenvalue weighted by atomic mass is 10.0. The molecule has 0 saturated carbocycles. The molecule has 196 valence electrons. The summed E-state index contributed by atoms with van der Waals surface area (Å²) >= 11 is 0. The number of hydrogen-bond acceptors (Lipinski definition) is 5. The van der Waals surface area contributed by atoms with Gasteiger partial charge in [0.2, 0.25) is 5.91 Å². The van der Waals surface area contributed by atoms with Crippen LogP contribution in [0.15, 0.2) is 114 Å². The second kappa shape index (κ2) is 11.6. The van der Waals surface area contributed by atoms with Crippen molar-refractivity contribution in [1.29, 1.82) is 0 Å². The van der Waals surface area contributed by atoms with Crippen LogP contribution in [0.3, 0.4) is 0 Å². The van der Waals surface area contributed by atoms with Gasteiger partial charge in [-0.1, -0.05) is 72.8 Å². The Morgan fingerprint density at radius 1 is 0.769 bits per heavy atom. The number of para-hydroxylation sites is 1. The highest BCUT2D eigenvalue weighted by atomic mass is 16.5. The Hall–Kier alpha value is -4.97. The molecule has 5 aromatic rings. The van der Waals surface area contributed by atoms with Crippen molar-refractivity contribution in [3.8, 4) is 17.2 Å². The summed E-state index contributed by atoms with van der Waals surface area (Å²) in [5, 5.41) is 3.74. The zero-order valence-corrected chi connectivity index (χ0v) is 22.0. The van der Waals surface area contributed by atoms with Crippen molar-refractivity contribution in [2.45, 2.75) is 13.0 Å². The molecule has 6 heteroatoms. The van der Waals surface area contributed by atoms with E-state index in [1.807, 2.05) is 67.6 Å². The van der Waals surface area contributed by atoms with Crippen LogP contribution >= 0.6 is 0 Å². The highest BCUT2D eigenvalue weighted by molar-refractivity contribution is 6.04. The summed E-state index contributed by atoms with van der Waals surface area (Å²) in [5.74, 6) is 2.04. The Kier molecular flexibility index (Phi) is 7.64. The lowest BCUT2D eigenvalue weighted by molar-refractivity contribution is -0.111. The fraction of sp³-hybridized carbons (Fsp3) is 0.121. The number of carbonyl (C=O) groups excluding carboxylic acids is 1. The highest BCUT2D eigenvalue weighted by Crippen LogP contribution is 2.36. The van der Waals surface area contributed by atoms with Crippen molar-refractivity contribution in [3.63, 3.8) is 0 Å². The number of fused-ring (bicyclic) bond motifs is 1. The standard InChI is InChI=1S/C33H29NO5/c1-22(19-31(35)34-26-17-18-27(36-2)30(21-26)37-3)29-20-25-15-10-16-28(33(25)39-29)38-32(23-11-6-4-7-12-23)24-13-8-5-9-14-24/h4-21,32H,1-3H3,(H,34,35)/b22-19+. The predicted molar refractivity (Wildman–Crippen MR) is 153 cm³/mol. The van der Waals surface area contributed by atoms with Crippen molar-refractivity contribution in [1.82, 2.24) is 0 Å². The molecule has 1 heterocycles. The molecule has 5 rings (SSSR count). The van der Waals surface area contributed by atoms with Crippen LogP contribution in [0.5, 0.6) is 17.2 Å². The summed E-state index contributed by atoms with van der Waals surface area (Å²) in [6, 6.07) is 33.1. The minimum atomic E-state index is -0.310. The van der Waals surface area contributed by atoms with Gasteiger partial charge in [0.25, 0.3) is 0 Å². The molecule has 1 N–H and O–H groups in total. The summed E-state index contributed by atoms with van der Waals surface area (Å²) in [7, 11) is 3.12. The van der Waals surface area contributed by atoms with Crippen molar-refractivity contribution >= 4 is 28.1 Å². The molecule has 0 radical (unpaired) electrons. The Morgan fingerprint density at radius 3 is 2.08 bits per heavy atom. The third-order valence-corrected chi connectivity index (χ3v) is 6.34. The van der Waals surface area contributed by atoms with E-state index in [0.29, 0.717) is 39.9 Å². The van der Waals surface area contributed by atoms with Crippen LogP contribution in [0, 0.1) is 0 Å². The van der Waals surface area contributed by atoms with E-state index in [-0.39, 0.29) is 12.0 Å². The number of ether oxygens (including phenoxy) is 3. The normalized spacial score (nSPS) is 11.4. The number of allylic oxidation sites excluding steroid dienone is 1. The number of benzene rings is 4. The SMILES string of the molecule is COc1ccc(NC(=O)/C=C(\C)c2cc3cccc(OC(c4ccccc4)c4ccccc4)c3o2)cc1OC. The monoisotopic (exact) mass is 519 g/mol. The maximum atomic E-state index is 12.8. The first-order valence-electron chi connectivity index (χ1n) is 12.6. The molecule has 1 amide bonds. The van der Waals surface area contributed by atoms with E-state index in [4.69, 9.17) is 18.6 Å². The van der Waals surface area contributed by atoms with E-state index in [1.165, 1.54) is 6.08 Å². The summed E-state index contributed by atoms with van der Waals surface area (Å²) in [5.41, 5.74) is 3.97. The molecule has 4 aromatic carbocycles. The average Bonchev–Trinajstić information content (AvgIpc) is 3.42. The van der Waals surface area contributed by atoms with Crippen LogP contribution in [0.4, 0.5) is 5.69 Å². The van der Waals surface area contributed by atoms with Gasteiger partial charge in [0, 0.05) is 23.2 Å². The van der Waals surface area contributed by atoms with Gasteiger partial charge in [0.1, 0.15) is 11.9 Å². The zero-order chi connectivity index (χ0) is 27.2. The van der Waals surface area contributed by atoms with Gasteiger partial charge in [-0.25, -0.2) is 0 Å². The van der Waals surface area contributed by atoms with E-state index in [2.05, 4.69) is 29.6 Å². The molecule has 0 fully saturated rings. The van der Waals surface area contributed by atoms with E-state index in [0.717, 1.165) is 16.5 Å². The molecule has 0 spiro atoms. The average molecular weight is 520 g/mol. The molecule has 1 aromatic heterocycles. The topological polar surface area (TPSA) is 69.9 Å². The van der Waals surface area contributed by atoms with E-state index in [9.17, 15) is 4.79 Å². The lowest BCUT2D eigenvalue weighted by Gasteiger charge is -2.20. The Balaban J connectivity index is 1.40. The molecule has 6 nitrogen and oxygen atoms in total. The number of amides is 1. The van der Waals surface area contributed by atoms with E-state index < -0.39 is 0 Å². The number of furan rings is 1. The van der Waals surface area contributed by atoms with Crippen LogP contribution in [0.2, 0.25) is 0 Å². The van der Waals surface area contributed by atoms with Gasteiger partial charge >= 0.3 is 0 Å². The Bertz CT molecular complexity index is 1570. The van der Waals surface area contributed by atoms with Gasteiger partial charge in [-0.05, 0) is 47.9 Å². The molecular formula is C33H29NO5. The molecule has 0 atom stereocenters. The molecule has 0 bridgehead atoms. The smallest absolute Gasteiger partial charge is 0.248 e. The number of rotatable bonds is 9. The van der Waals surface area contributed by atoms with Crippen LogP contribution < -0.4 is 19.5 Å². The quantitative estimate of drug-likeness (QED) is 0.203. The summed E-state index contributed by atoms with van der Waals surface area (Å²) in [6.45, 7) is 1.84. The number of hydrogen-bond donors (Lipinski definition) is 1. The second-order valence-corrected chi connectivity index (χ2v) is 8.99. The summed E-state index contributed by atoms with van der Waals surface area (Å²) in [6.07, 6.45) is 1.20. The first-order chi connectivity index (χ1) is 19.1. The maximum absolute atomic E-state index is 12.8. The third-order valence-electron chi connectivity index (χ3n) is 6.34. The van der Waals surface area contributed by atoms with Gasteiger partial charge < -0.3 is 23.9 Å². The molecule has 0 unspecified atom stereocenters. The largest absolute Gasteiger partial charge is 0.493 e. The van der Waals surface area contributed by atoms with Crippen molar-refractivity contribution in [2.75, 3.05) is 19.5 Å². The summed E-state index contributed by atoms with van der Waals surface area (Å²) in [4.78, 5) is 12.8. The highest BCUT2D eigenvalue weighted by Gasteiger charge is 2.19. The van der Waals surface area contributed by atoms with Gasteiger partial charge in [-0.3, -0.25) is 4.79 Å². The van der Waals surface area contributed by atoms with Crippen molar-refractivity contribution < 1.29 is 23.4 Å². The van der Waals surface area contributed by atoms with Gasteiger partial charge in [-0.15, -0.1) is 0 Å². The first-order valence-corrected chi connectivity index (χ1v) is 12.6. The molecule has 0 aliphatic carbocycles. The van der Waals surface area contributed by atoms with Gasteiger partial charge in [0.05, 0.1) is 14.2 Å². The zero-order valence-electron chi connectivity index (χ0n) is 22.0. The first kappa shape index (κ1) is 25.7. The van der Waals surface area contributed by atoms with Crippen molar-refractivity contribution in [3.05, 3.63) is 126 Å². The van der Waals surface area contributed by atoms with E-state index in [1.54, 1.807) is 32.4 Å².